The van der Waals surface area contributed by atoms with Crippen molar-refractivity contribution in [3.05, 3.63) is 23.8 Å². The Morgan fingerprint density at radius 1 is 1.00 bits per heavy atom. The summed E-state index contributed by atoms with van der Waals surface area (Å²) in [5.41, 5.74) is -5.76. The van der Waals surface area contributed by atoms with Crippen LogP contribution < -0.4 is 0 Å². The number of hydrogen-bond donors (Lipinski definition) is 2. The average Bonchev–Trinajstić information content (AvgIpc) is 3.10. The van der Waals surface area contributed by atoms with Crippen LogP contribution in [-0.4, -0.2) is 87.7 Å². The summed E-state index contributed by atoms with van der Waals surface area (Å²) < 4.78 is 28.5. The monoisotopic (exact) mass is 614 g/mol. The summed E-state index contributed by atoms with van der Waals surface area (Å²) in [6.07, 6.45) is -2.94. The van der Waals surface area contributed by atoms with Crippen molar-refractivity contribution in [3.63, 3.8) is 0 Å². The first-order chi connectivity index (χ1) is 19.4. The standard InChI is InChI=1S/C29H39ClO12/c1-8-23(34)41-21-12-20(39-16(4)32)27(6)19(38-15(3)31)10-9-18(13-30)11-22-29(37,14(2)26(35)42-22)25(40-17(5)33)24(27)28(21,7)36/h9-11,14,19-22,24-25,36-37H,8,12-13H2,1-7H3/b10-9-,18-11+/t14?,19-,20?,21?,22?,24?,25+,27+,28-,29?/m1/s1. The Kier molecular flexibility index (Phi) is 9.85. The lowest BCUT2D eigenvalue weighted by molar-refractivity contribution is -0.286. The highest BCUT2D eigenvalue weighted by Gasteiger charge is 2.72. The van der Waals surface area contributed by atoms with E-state index in [4.69, 9.17) is 35.3 Å². The van der Waals surface area contributed by atoms with E-state index in [2.05, 4.69) is 0 Å². The summed E-state index contributed by atoms with van der Waals surface area (Å²) in [5, 5.41) is 24.8. The first kappa shape index (κ1) is 33.5. The molecule has 2 N–H and O–H groups in total. The van der Waals surface area contributed by atoms with Crippen molar-refractivity contribution < 1.29 is 57.9 Å². The Labute approximate surface area is 249 Å². The molecule has 0 radical (unpaired) electrons. The quantitative estimate of drug-likeness (QED) is 0.253. The Morgan fingerprint density at radius 3 is 2.12 bits per heavy atom. The molecule has 1 aliphatic heterocycles. The molecule has 0 bridgehead atoms. The number of esters is 5. The van der Waals surface area contributed by atoms with Gasteiger partial charge in [0.15, 0.2) is 11.7 Å². The maximum atomic E-state index is 13.0. The van der Waals surface area contributed by atoms with Crippen molar-refractivity contribution in [2.24, 2.45) is 17.3 Å². The van der Waals surface area contributed by atoms with Gasteiger partial charge < -0.3 is 33.9 Å². The van der Waals surface area contributed by atoms with Crippen LogP contribution in [0.2, 0.25) is 0 Å². The third-order valence-electron chi connectivity index (χ3n) is 8.65. The van der Waals surface area contributed by atoms with E-state index in [-0.39, 0.29) is 18.7 Å². The van der Waals surface area contributed by atoms with E-state index in [1.807, 2.05) is 0 Å². The highest BCUT2D eigenvalue weighted by atomic mass is 35.5. The molecular weight excluding hydrogens is 576 g/mol. The number of aliphatic hydroxyl groups is 2. The van der Waals surface area contributed by atoms with Crippen molar-refractivity contribution in [3.8, 4) is 0 Å². The van der Waals surface area contributed by atoms with E-state index in [9.17, 15) is 34.2 Å². The number of allylic oxidation sites excluding steroid dienone is 2. The van der Waals surface area contributed by atoms with E-state index < -0.39 is 88.8 Å². The Morgan fingerprint density at radius 2 is 1.60 bits per heavy atom. The van der Waals surface area contributed by atoms with Crippen LogP contribution in [0.3, 0.4) is 0 Å². The number of halogens is 1. The molecule has 0 aromatic heterocycles. The third kappa shape index (κ3) is 5.93. The molecule has 0 amide bonds. The molecule has 1 saturated heterocycles. The van der Waals surface area contributed by atoms with Crippen LogP contribution in [-0.2, 0) is 47.7 Å². The van der Waals surface area contributed by atoms with E-state index in [0.29, 0.717) is 5.57 Å². The van der Waals surface area contributed by atoms with E-state index in [1.54, 1.807) is 13.8 Å². The zero-order valence-corrected chi connectivity index (χ0v) is 25.5. The van der Waals surface area contributed by atoms with E-state index in [1.165, 1.54) is 32.1 Å². The molecule has 2 fully saturated rings. The molecule has 0 aromatic carbocycles. The van der Waals surface area contributed by atoms with Gasteiger partial charge in [0.2, 0.25) is 0 Å². The number of hydrogen-bond acceptors (Lipinski definition) is 12. The van der Waals surface area contributed by atoms with Gasteiger partial charge in [0.25, 0.3) is 0 Å². The van der Waals surface area contributed by atoms with Gasteiger partial charge in [-0.05, 0) is 31.6 Å². The van der Waals surface area contributed by atoms with Crippen molar-refractivity contribution >= 4 is 41.4 Å². The molecule has 0 spiro atoms. The summed E-state index contributed by atoms with van der Waals surface area (Å²) in [6, 6.07) is 0. The second kappa shape index (κ2) is 12.3. The predicted octanol–water partition coefficient (Wildman–Crippen LogP) is 1.91. The molecule has 234 valence electrons. The molecule has 1 saturated carbocycles. The van der Waals surface area contributed by atoms with Crippen LogP contribution in [0.15, 0.2) is 23.8 Å². The summed E-state index contributed by atoms with van der Waals surface area (Å²) in [5.74, 6) is -6.76. The lowest BCUT2D eigenvalue weighted by Crippen LogP contribution is -2.74. The average molecular weight is 615 g/mol. The van der Waals surface area contributed by atoms with Gasteiger partial charge in [0.1, 0.15) is 30.0 Å². The van der Waals surface area contributed by atoms with Crippen molar-refractivity contribution in [1.29, 1.82) is 0 Å². The fraction of sp³-hybridized carbons (Fsp3) is 0.690. The van der Waals surface area contributed by atoms with Gasteiger partial charge in [-0.3, -0.25) is 24.0 Å². The van der Waals surface area contributed by atoms with E-state index >= 15 is 0 Å². The normalized spacial score (nSPS) is 41.5. The molecular formula is C29H39ClO12. The smallest absolute Gasteiger partial charge is 0.312 e. The van der Waals surface area contributed by atoms with Gasteiger partial charge in [-0.15, -0.1) is 11.6 Å². The maximum absolute atomic E-state index is 13.0. The van der Waals surface area contributed by atoms with Crippen LogP contribution in [0.1, 0.15) is 61.3 Å². The van der Waals surface area contributed by atoms with Gasteiger partial charge in [-0.1, -0.05) is 19.9 Å². The molecule has 42 heavy (non-hydrogen) atoms. The molecule has 3 rings (SSSR count). The number of rotatable bonds is 6. The van der Waals surface area contributed by atoms with Crippen molar-refractivity contribution in [2.45, 2.75) is 103 Å². The first-order valence-electron chi connectivity index (χ1n) is 13.8. The highest BCUT2D eigenvalue weighted by Crippen LogP contribution is 2.58. The molecule has 13 heteroatoms. The second-order valence-electron chi connectivity index (χ2n) is 11.5. The molecule has 0 aromatic rings. The lowest BCUT2D eigenvalue weighted by atomic mass is 9.51. The molecule has 3 aliphatic rings. The number of alkyl halides is 1. The number of carbonyl (C=O) groups is 5. The third-order valence-corrected chi connectivity index (χ3v) is 8.96. The van der Waals surface area contributed by atoms with Crippen molar-refractivity contribution in [1.82, 2.24) is 0 Å². The Balaban J connectivity index is 2.49. The number of ether oxygens (including phenoxy) is 5. The minimum absolute atomic E-state index is 0.0453. The number of fused-ring (bicyclic) bond motifs is 2. The zero-order chi connectivity index (χ0) is 31.8. The Hall–Kier alpha value is -2.96. The van der Waals surface area contributed by atoms with Gasteiger partial charge in [0.05, 0.1) is 11.3 Å². The molecule has 1 heterocycles. The van der Waals surface area contributed by atoms with Crippen molar-refractivity contribution in [2.75, 3.05) is 5.88 Å². The van der Waals surface area contributed by atoms with Crippen LogP contribution >= 0.6 is 11.6 Å². The summed E-state index contributed by atoms with van der Waals surface area (Å²) in [7, 11) is 0. The largest absolute Gasteiger partial charge is 0.462 e. The van der Waals surface area contributed by atoms with E-state index in [0.717, 1.165) is 20.8 Å². The lowest BCUT2D eigenvalue weighted by Gasteiger charge is -2.60. The SMILES string of the molecule is CCC(=O)OC1CC(OC(C)=O)[C@@]2(C)C([C@H](OC(C)=O)C3(O)C(/C=C(CCl)\C=C/[C@H]2OC(C)=O)OC(=O)C3C)[C@]1(C)O. The topological polar surface area (TPSA) is 172 Å². The predicted molar refractivity (Wildman–Crippen MR) is 146 cm³/mol. The first-order valence-corrected chi connectivity index (χ1v) is 14.3. The Bertz CT molecular complexity index is 1180. The van der Waals surface area contributed by atoms with Gasteiger partial charge in [0, 0.05) is 45.4 Å². The fourth-order valence-electron chi connectivity index (χ4n) is 6.54. The van der Waals surface area contributed by atoms with Gasteiger partial charge in [-0.2, -0.15) is 0 Å². The van der Waals surface area contributed by atoms with Crippen LogP contribution in [0.25, 0.3) is 0 Å². The summed E-state index contributed by atoms with van der Waals surface area (Å²) >= 11 is 6.19. The zero-order valence-electron chi connectivity index (χ0n) is 24.7. The maximum Gasteiger partial charge on any atom is 0.312 e. The highest BCUT2D eigenvalue weighted by molar-refractivity contribution is 6.19. The number of carbonyl (C=O) groups excluding carboxylic acids is 5. The van der Waals surface area contributed by atoms with Crippen LogP contribution in [0.4, 0.5) is 0 Å². The molecule has 6 unspecified atom stereocenters. The van der Waals surface area contributed by atoms with Crippen LogP contribution in [0.5, 0.6) is 0 Å². The second-order valence-corrected chi connectivity index (χ2v) is 11.8. The fourth-order valence-corrected chi connectivity index (χ4v) is 6.72. The summed E-state index contributed by atoms with van der Waals surface area (Å²) in [4.78, 5) is 63.0. The molecule has 10 atom stereocenters. The minimum atomic E-state index is -2.32. The van der Waals surface area contributed by atoms with Gasteiger partial charge >= 0.3 is 29.8 Å². The van der Waals surface area contributed by atoms with Gasteiger partial charge in [-0.25, -0.2) is 0 Å². The summed E-state index contributed by atoms with van der Waals surface area (Å²) in [6.45, 7) is 9.19. The molecule has 12 nitrogen and oxygen atoms in total. The van der Waals surface area contributed by atoms with Crippen LogP contribution in [0, 0.1) is 17.3 Å². The molecule has 2 aliphatic carbocycles. The minimum Gasteiger partial charge on any atom is -0.462 e.